The van der Waals surface area contributed by atoms with Gasteiger partial charge in [-0.25, -0.2) is 0 Å². The van der Waals surface area contributed by atoms with Crippen molar-refractivity contribution in [1.82, 2.24) is 10.6 Å². The van der Waals surface area contributed by atoms with Gasteiger partial charge in [0, 0.05) is 13.1 Å². The van der Waals surface area contributed by atoms with Crippen LogP contribution in [0.2, 0.25) is 0 Å². The van der Waals surface area contributed by atoms with Crippen LogP contribution < -0.4 is 20.1 Å². The summed E-state index contributed by atoms with van der Waals surface area (Å²) in [6.45, 7) is 9.46. The van der Waals surface area contributed by atoms with E-state index in [1.165, 1.54) is 0 Å². The van der Waals surface area contributed by atoms with E-state index in [2.05, 4.69) is 10.6 Å². The molecule has 1 aromatic rings. The van der Waals surface area contributed by atoms with Gasteiger partial charge < -0.3 is 20.1 Å². The van der Waals surface area contributed by atoms with Crippen molar-refractivity contribution in [2.45, 2.75) is 33.6 Å². The van der Waals surface area contributed by atoms with Crippen LogP contribution in [0.3, 0.4) is 0 Å². The Hall–Kier alpha value is -1.75. The summed E-state index contributed by atoms with van der Waals surface area (Å²) in [5, 5.41) is 6.30. The van der Waals surface area contributed by atoms with Gasteiger partial charge in [-0.15, -0.1) is 0 Å². The van der Waals surface area contributed by atoms with Gasteiger partial charge in [0.2, 0.25) is 5.91 Å². The Kier molecular flexibility index (Phi) is 6.28. The maximum Gasteiger partial charge on any atom is 0.227 e. The number of hydrogen-bond acceptors (Lipinski definition) is 4. The summed E-state index contributed by atoms with van der Waals surface area (Å²) in [4.78, 5) is 12.3. The Balaban J connectivity index is 1.90. The Labute approximate surface area is 138 Å². The third kappa shape index (κ3) is 4.61. The van der Waals surface area contributed by atoms with Gasteiger partial charge >= 0.3 is 0 Å². The molecule has 1 aliphatic heterocycles. The minimum atomic E-state index is -0.269. The van der Waals surface area contributed by atoms with Crippen molar-refractivity contribution in [3.63, 3.8) is 0 Å². The van der Waals surface area contributed by atoms with Crippen molar-refractivity contribution in [2.24, 2.45) is 5.41 Å². The lowest BCUT2D eigenvalue weighted by atomic mass is 9.89. The molecule has 0 aliphatic carbocycles. The first-order valence-corrected chi connectivity index (χ1v) is 8.46. The van der Waals surface area contributed by atoms with Crippen LogP contribution in [0.15, 0.2) is 18.2 Å². The zero-order chi connectivity index (χ0) is 16.7. The van der Waals surface area contributed by atoms with Gasteiger partial charge in [-0.1, -0.05) is 6.07 Å². The number of carbonyl (C=O) groups excluding carboxylic acids is 1. The van der Waals surface area contributed by atoms with E-state index >= 15 is 0 Å². The highest BCUT2D eigenvalue weighted by molar-refractivity contribution is 5.82. The Morgan fingerprint density at radius 2 is 2.00 bits per heavy atom. The molecule has 128 valence electrons. The smallest absolute Gasteiger partial charge is 0.227 e. The fourth-order valence-corrected chi connectivity index (χ4v) is 2.80. The van der Waals surface area contributed by atoms with Gasteiger partial charge in [-0.3, -0.25) is 4.79 Å². The molecule has 1 unspecified atom stereocenters. The number of rotatable bonds is 8. The summed E-state index contributed by atoms with van der Waals surface area (Å²) < 4.78 is 11.2. The van der Waals surface area contributed by atoms with Crippen LogP contribution in [-0.4, -0.2) is 38.8 Å². The molecule has 0 bridgehead atoms. The molecule has 1 aliphatic rings. The first-order chi connectivity index (χ1) is 11.1. The van der Waals surface area contributed by atoms with Gasteiger partial charge in [-0.05, 0) is 57.9 Å². The standard InChI is InChI=1S/C18H28N2O3/c1-4-22-15-7-6-14(12-16(15)23-5-2)8-10-20-17(21)18(3)9-11-19-13-18/h6-7,12,19H,4-5,8-11,13H2,1-3H3,(H,20,21). The zero-order valence-corrected chi connectivity index (χ0v) is 14.4. The molecular formula is C18H28N2O3. The number of ether oxygens (including phenoxy) is 2. The van der Waals surface area contributed by atoms with E-state index in [1.54, 1.807) is 0 Å². The maximum absolute atomic E-state index is 12.3. The second-order valence-corrected chi connectivity index (χ2v) is 6.14. The maximum atomic E-state index is 12.3. The molecule has 0 radical (unpaired) electrons. The number of amides is 1. The predicted octanol–water partition coefficient (Wildman–Crippen LogP) is 2.14. The van der Waals surface area contributed by atoms with Crippen molar-refractivity contribution < 1.29 is 14.3 Å². The van der Waals surface area contributed by atoms with Gasteiger partial charge in [0.15, 0.2) is 11.5 Å². The molecule has 23 heavy (non-hydrogen) atoms. The molecule has 0 aromatic heterocycles. The molecular weight excluding hydrogens is 292 g/mol. The Morgan fingerprint density at radius 1 is 1.26 bits per heavy atom. The quantitative estimate of drug-likeness (QED) is 0.770. The second-order valence-electron chi connectivity index (χ2n) is 6.14. The zero-order valence-electron chi connectivity index (χ0n) is 14.4. The van der Waals surface area contributed by atoms with Crippen LogP contribution in [0.25, 0.3) is 0 Å². The van der Waals surface area contributed by atoms with E-state index in [1.807, 2.05) is 39.0 Å². The Bertz CT molecular complexity index is 525. The molecule has 5 heteroatoms. The van der Waals surface area contributed by atoms with E-state index in [0.717, 1.165) is 43.0 Å². The number of hydrogen-bond donors (Lipinski definition) is 2. The summed E-state index contributed by atoms with van der Waals surface area (Å²) in [5.74, 6) is 1.68. The lowest BCUT2D eigenvalue weighted by molar-refractivity contribution is -0.129. The van der Waals surface area contributed by atoms with E-state index in [9.17, 15) is 4.79 Å². The van der Waals surface area contributed by atoms with Crippen molar-refractivity contribution in [1.29, 1.82) is 0 Å². The molecule has 0 saturated carbocycles. The number of nitrogens with one attached hydrogen (secondary N) is 2. The van der Waals surface area contributed by atoms with Crippen LogP contribution in [0.5, 0.6) is 11.5 Å². The van der Waals surface area contributed by atoms with E-state index in [0.29, 0.717) is 19.8 Å². The van der Waals surface area contributed by atoms with Gasteiger partial charge in [0.25, 0.3) is 0 Å². The van der Waals surface area contributed by atoms with Crippen LogP contribution in [0, 0.1) is 5.41 Å². The largest absolute Gasteiger partial charge is 0.490 e. The van der Waals surface area contributed by atoms with Crippen LogP contribution in [0.1, 0.15) is 32.8 Å². The monoisotopic (exact) mass is 320 g/mol. The van der Waals surface area contributed by atoms with Crippen molar-refractivity contribution in [3.8, 4) is 11.5 Å². The minimum absolute atomic E-state index is 0.137. The van der Waals surface area contributed by atoms with E-state index in [-0.39, 0.29) is 11.3 Å². The van der Waals surface area contributed by atoms with Gasteiger partial charge in [-0.2, -0.15) is 0 Å². The predicted molar refractivity (Wildman–Crippen MR) is 91.1 cm³/mol. The molecule has 1 amide bonds. The second kappa shape index (κ2) is 8.20. The van der Waals surface area contributed by atoms with Crippen LogP contribution >= 0.6 is 0 Å². The van der Waals surface area contributed by atoms with E-state index in [4.69, 9.17) is 9.47 Å². The van der Waals surface area contributed by atoms with Crippen molar-refractivity contribution in [2.75, 3.05) is 32.8 Å². The molecule has 1 fully saturated rings. The fraction of sp³-hybridized carbons (Fsp3) is 0.611. The Morgan fingerprint density at radius 3 is 2.65 bits per heavy atom. The molecule has 2 rings (SSSR count). The summed E-state index contributed by atoms with van der Waals surface area (Å²) in [7, 11) is 0. The van der Waals surface area contributed by atoms with Crippen molar-refractivity contribution >= 4 is 5.91 Å². The molecule has 1 aromatic carbocycles. The third-order valence-corrected chi connectivity index (χ3v) is 4.22. The summed E-state index contributed by atoms with van der Waals surface area (Å²) >= 11 is 0. The third-order valence-electron chi connectivity index (χ3n) is 4.22. The molecule has 1 heterocycles. The SMILES string of the molecule is CCOc1ccc(CCNC(=O)C2(C)CCNC2)cc1OCC. The van der Waals surface area contributed by atoms with Crippen LogP contribution in [-0.2, 0) is 11.2 Å². The first-order valence-electron chi connectivity index (χ1n) is 8.46. The van der Waals surface area contributed by atoms with Gasteiger partial charge in [0.1, 0.15) is 0 Å². The van der Waals surface area contributed by atoms with Crippen molar-refractivity contribution in [3.05, 3.63) is 23.8 Å². The average molecular weight is 320 g/mol. The molecule has 1 saturated heterocycles. The molecule has 0 spiro atoms. The fourth-order valence-electron chi connectivity index (χ4n) is 2.80. The topological polar surface area (TPSA) is 59.6 Å². The highest BCUT2D eigenvalue weighted by Crippen LogP contribution is 2.29. The molecule has 5 nitrogen and oxygen atoms in total. The summed E-state index contributed by atoms with van der Waals surface area (Å²) in [6, 6.07) is 5.96. The molecule has 1 atom stereocenters. The lowest BCUT2D eigenvalue weighted by Crippen LogP contribution is -2.41. The number of carbonyl (C=O) groups is 1. The normalized spacial score (nSPS) is 20.3. The highest BCUT2D eigenvalue weighted by atomic mass is 16.5. The lowest BCUT2D eigenvalue weighted by Gasteiger charge is -2.21. The average Bonchev–Trinajstić information content (AvgIpc) is 2.98. The summed E-state index contributed by atoms with van der Waals surface area (Å²) in [5.41, 5.74) is 0.863. The number of benzene rings is 1. The summed E-state index contributed by atoms with van der Waals surface area (Å²) in [6.07, 6.45) is 1.68. The highest BCUT2D eigenvalue weighted by Gasteiger charge is 2.35. The van der Waals surface area contributed by atoms with Gasteiger partial charge in [0.05, 0.1) is 18.6 Å². The first kappa shape index (κ1) is 17.6. The van der Waals surface area contributed by atoms with Crippen LogP contribution in [0.4, 0.5) is 0 Å². The van der Waals surface area contributed by atoms with E-state index < -0.39 is 0 Å². The molecule has 2 N–H and O–H groups in total. The minimum Gasteiger partial charge on any atom is -0.490 e.